The number of phenolic OH excluding ortho intramolecular Hbond substituents is 1. The second kappa shape index (κ2) is 10.4. The average Bonchev–Trinajstić information content (AvgIpc) is 2.67. The van der Waals surface area contributed by atoms with E-state index in [1.807, 2.05) is 30.3 Å². The summed E-state index contributed by atoms with van der Waals surface area (Å²) >= 11 is 0. The maximum atomic E-state index is 11.9. The van der Waals surface area contributed by atoms with Gasteiger partial charge in [-0.15, -0.1) is 0 Å². The summed E-state index contributed by atoms with van der Waals surface area (Å²) in [5.74, 6) is -0.265. The van der Waals surface area contributed by atoms with Gasteiger partial charge in [0.15, 0.2) is 0 Å². The van der Waals surface area contributed by atoms with E-state index in [1.165, 1.54) is 18.2 Å². The highest BCUT2D eigenvalue weighted by atomic mass is 32.2. The molecule has 0 amide bonds. The van der Waals surface area contributed by atoms with E-state index in [1.54, 1.807) is 6.92 Å². The number of aliphatic hydroxyl groups is 2. The van der Waals surface area contributed by atoms with Crippen molar-refractivity contribution in [1.82, 2.24) is 5.32 Å². The summed E-state index contributed by atoms with van der Waals surface area (Å²) in [6.07, 6.45) is 0.133. The number of anilines is 1. The molecule has 0 aliphatic rings. The van der Waals surface area contributed by atoms with Gasteiger partial charge < -0.3 is 20.6 Å². The van der Waals surface area contributed by atoms with Gasteiger partial charge in [0.1, 0.15) is 5.75 Å². The van der Waals surface area contributed by atoms with Crippen LogP contribution in [0.15, 0.2) is 48.5 Å². The fourth-order valence-corrected chi connectivity index (χ4v) is 3.96. The van der Waals surface area contributed by atoms with E-state index < -0.39 is 16.1 Å². The summed E-state index contributed by atoms with van der Waals surface area (Å²) in [5, 5.41) is 33.0. The molecule has 0 aliphatic carbocycles. The minimum Gasteiger partial charge on any atom is -0.506 e. The zero-order valence-corrected chi connectivity index (χ0v) is 16.7. The average molecular weight is 409 g/mol. The lowest BCUT2D eigenvalue weighted by Crippen LogP contribution is -2.37. The molecule has 0 saturated carbocycles. The lowest BCUT2D eigenvalue weighted by molar-refractivity contribution is 0.158. The molecule has 154 valence electrons. The molecule has 0 radical (unpaired) electrons. The number of nitrogens with one attached hydrogen (secondary N) is 2. The topological polar surface area (TPSA) is 119 Å². The molecule has 0 fully saturated rings. The Hall–Kier alpha value is -2.13. The molecule has 0 bridgehead atoms. The molecule has 0 saturated heterocycles. The number of aliphatic hydroxyl groups excluding tert-OH is 2. The summed E-state index contributed by atoms with van der Waals surface area (Å²) < 4.78 is 26.2. The maximum absolute atomic E-state index is 11.9. The fraction of sp³-hybridized carbons (Fsp3) is 0.400. The van der Waals surface area contributed by atoms with E-state index in [4.69, 9.17) is 0 Å². The molecular weight excluding hydrogens is 380 g/mol. The van der Waals surface area contributed by atoms with Crippen LogP contribution in [-0.4, -0.2) is 48.7 Å². The van der Waals surface area contributed by atoms with Gasteiger partial charge in [-0.3, -0.25) is 4.72 Å². The lowest BCUT2D eigenvalue weighted by atomic mass is 10.0. The summed E-state index contributed by atoms with van der Waals surface area (Å²) in [6, 6.07) is 13.8. The Morgan fingerprint density at radius 3 is 2.46 bits per heavy atom. The second-order valence-electron chi connectivity index (χ2n) is 6.69. The molecule has 0 unspecified atom stereocenters. The van der Waals surface area contributed by atoms with Gasteiger partial charge in [-0.2, -0.15) is 0 Å². The van der Waals surface area contributed by atoms with E-state index >= 15 is 0 Å². The Balaban J connectivity index is 2.01. The van der Waals surface area contributed by atoms with E-state index in [9.17, 15) is 23.7 Å². The van der Waals surface area contributed by atoms with Crippen molar-refractivity contribution in [3.05, 3.63) is 59.7 Å². The van der Waals surface area contributed by atoms with Crippen LogP contribution in [0.2, 0.25) is 0 Å². The van der Waals surface area contributed by atoms with Crippen molar-refractivity contribution >= 4 is 15.7 Å². The van der Waals surface area contributed by atoms with Crippen molar-refractivity contribution in [3.63, 3.8) is 0 Å². The van der Waals surface area contributed by atoms with Crippen LogP contribution in [0.5, 0.6) is 5.75 Å². The highest BCUT2D eigenvalue weighted by Gasteiger charge is 2.16. The smallest absolute Gasteiger partial charge is 0.232 e. The van der Waals surface area contributed by atoms with Gasteiger partial charge in [0, 0.05) is 12.6 Å². The van der Waals surface area contributed by atoms with Crippen molar-refractivity contribution in [2.45, 2.75) is 31.9 Å². The Morgan fingerprint density at radius 1 is 1.11 bits per heavy atom. The van der Waals surface area contributed by atoms with E-state index in [0.717, 1.165) is 5.56 Å². The Morgan fingerprint density at radius 2 is 1.82 bits per heavy atom. The van der Waals surface area contributed by atoms with Crippen molar-refractivity contribution < 1.29 is 23.7 Å². The standard InChI is InChI=1S/C20H28N2O5S/c1-2-10-28(26,27)22-18-12-16(8-9-19(18)24)20(25)13-21-17(14-23)11-15-6-4-3-5-7-15/h3-9,12,17,20-25H,2,10-11,13-14H2,1H3/t17-,20-/m0/s1. The number of aromatic hydroxyl groups is 1. The van der Waals surface area contributed by atoms with Crippen LogP contribution in [0.3, 0.4) is 0 Å². The Bertz CT molecular complexity index is 843. The first kappa shape index (κ1) is 22.2. The third-order valence-corrected chi connectivity index (χ3v) is 5.77. The van der Waals surface area contributed by atoms with Gasteiger partial charge in [-0.05, 0) is 36.1 Å². The van der Waals surface area contributed by atoms with Gasteiger partial charge in [0.05, 0.1) is 24.2 Å². The van der Waals surface area contributed by atoms with Crippen LogP contribution in [0.4, 0.5) is 5.69 Å². The SMILES string of the molecule is CCCS(=O)(=O)Nc1cc([C@@H](O)CN[C@H](CO)Cc2ccccc2)ccc1O. The fourth-order valence-electron chi connectivity index (χ4n) is 2.83. The van der Waals surface area contributed by atoms with Crippen molar-refractivity contribution in [2.24, 2.45) is 0 Å². The molecule has 2 aromatic rings. The monoisotopic (exact) mass is 408 g/mol. The van der Waals surface area contributed by atoms with Gasteiger partial charge in [0.2, 0.25) is 10.0 Å². The van der Waals surface area contributed by atoms with Crippen molar-refractivity contribution in [1.29, 1.82) is 0 Å². The van der Waals surface area contributed by atoms with Gasteiger partial charge in [-0.25, -0.2) is 8.42 Å². The molecule has 0 aromatic heterocycles. The molecule has 28 heavy (non-hydrogen) atoms. The minimum atomic E-state index is -3.55. The molecule has 0 heterocycles. The maximum Gasteiger partial charge on any atom is 0.232 e. The third kappa shape index (κ3) is 6.79. The predicted molar refractivity (Wildman–Crippen MR) is 110 cm³/mol. The first-order valence-electron chi connectivity index (χ1n) is 9.24. The van der Waals surface area contributed by atoms with Crippen molar-refractivity contribution in [3.8, 4) is 5.75 Å². The minimum absolute atomic E-state index is 0.0352. The van der Waals surface area contributed by atoms with Gasteiger partial charge >= 0.3 is 0 Å². The van der Waals surface area contributed by atoms with E-state index in [0.29, 0.717) is 18.4 Å². The number of hydrogen-bond acceptors (Lipinski definition) is 6. The van der Waals surface area contributed by atoms with Crippen LogP contribution >= 0.6 is 0 Å². The summed E-state index contributed by atoms with van der Waals surface area (Å²) in [5.41, 5.74) is 1.56. The zero-order chi connectivity index (χ0) is 20.6. The molecule has 0 aliphatic heterocycles. The van der Waals surface area contributed by atoms with Crippen LogP contribution in [0, 0.1) is 0 Å². The largest absolute Gasteiger partial charge is 0.506 e. The number of rotatable bonds is 11. The van der Waals surface area contributed by atoms with Crippen LogP contribution in [0.1, 0.15) is 30.6 Å². The summed E-state index contributed by atoms with van der Waals surface area (Å²) in [6.45, 7) is 1.83. The van der Waals surface area contributed by atoms with E-state index in [-0.39, 0.29) is 36.4 Å². The molecule has 2 aromatic carbocycles. The normalized spacial score (nSPS) is 13.8. The molecule has 2 rings (SSSR count). The number of hydrogen-bond donors (Lipinski definition) is 5. The summed E-state index contributed by atoms with van der Waals surface area (Å²) in [4.78, 5) is 0. The zero-order valence-electron chi connectivity index (χ0n) is 15.9. The molecule has 2 atom stereocenters. The molecular formula is C20H28N2O5S. The Labute approximate surface area is 166 Å². The molecule has 5 N–H and O–H groups in total. The van der Waals surface area contributed by atoms with Gasteiger partial charge in [-0.1, -0.05) is 43.3 Å². The summed E-state index contributed by atoms with van der Waals surface area (Å²) in [7, 11) is -3.55. The van der Waals surface area contributed by atoms with Crippen molar-refractivity contribution in [2.75, 3.05) is 23.6 Å². The highest BCUT2D eigenvalue weighted by molar-refractivity contribution is 7.92. The quantitative estimate of drug-likeness (QED) is 0.362. The second-order valence-corrected chi connectivity index (χ2v) is 8.53. The van der Waals surface area contributed by atoms with E-state index in [2.05, 4.69) is 10.0 Å². The predicted octanol–water partition coefficient (Wildman–Crippen LogP) is 1.77. The number of sulfonamides is 1. The molecule has 0 spiro atoms. The van der Waals surface area contributed by atoms with Crippen LogP contribution in [-0.2, 0) is 16.4 Å². The lowest BCUT2D eigenvalue weighted by Gasteiger charge is -2.20. The highest BCUT2D eigenvalue weighted by Crippen LogP contribution is 2.28. The number of phenols is 1. The Kier molecular flexibility index (Phi) is 8.25. The third-order valence-electron chi connectivity index (χ3n) is 4.29. The molecule has 7 nitrogen and oxygen atoms in total. The van der Waals surface area contributed by atoms with Crippen LogP contribution in [0.25, 0.3) is 0 Å². The molecule has 8 heteroatoms. The van der Waals surface area contributed by atoms with Gasteiger partial charge in [0.25, 0.3) is 0 Å². The number of benzene rings is 2. The first-order valence-corrected chi connectivity index (χ1v) is 10.9. The van der Waals surface area contributed by atoms with Crippen LogP contribution < -0.4 is 10.0 Å². The first-order chi connectivity index (χ1) is 13.3.